The fourth-order valence-corrected chi connectivity index (χ4v) is 4.03. The van der Waals surface area contributed by atoms with Gasteiger partial charge in [-0.05, 0) is 49.2 Å². The van der Waals surface area contributed by atoms with E-state index in [-0.39, 0.29) is 0 Å². The lowest BCUT2D eigenvalue weighted by molar-refractivity contribution is 0.128. The van der Waals surface area contributed by atoms with E-state index in [4.69, 9.17) is 0 Å². The number of rotatable bonds is 6. The average molecular weight is 280 g/mol. The number of thiophene rings is 1. The SMILES string of the molecule is CCC(CNCC(C)C)N1CCc2sccc2C1C. The van der Waals surface area contributed by atoms with Gasteiger partial charge in [0.2, 0.25) is 0 Å². The molecule has 2 unspecified atom stereocenters. The summed E-state index contributed by atoms with van der Waals surface area (Å²) in [6, 6.07) is 3.58. The van der Waals surface area contributed by atoms with Crippen molar-refractivity contribution in [3.63, 3.8) is 0 Å². The van der Waals surface area contributed by atoms with Crippen molar-refractivity contribution in [2.24, 2.45) is 5.92 Å². The number of nitrogens with one attached hydrogen (secondary N) is 1. The zero-order valence-electron chi connectivity index (χ0n) is 12.8. The van der Waals surface area contributed by atoms with E-state index in [1.54, 1.807) is 10.4 Å². The molecule has 0 saturated heterocycles. The minimum absolute atomic E-state index is 0.584. The Bertz CT molecular complexity index is 386. The maximum atomic E-state index is 3.63. The van der Waals surface area contributed by atoms with E-state index in [1.807, 2.05) is 11.3 Å². The van der Waals surface area contributed by atoms with Gasteiger partial charge in [-0.2, -0.15) is 0 Å². The third kappa shape index (κ3) is 3.59. The summed E-state index contributed by atoms with van der Waals surface area (Å²) >= 11 is 1.93. The van der Waals surface area contributed by atoms with E-state index in [1.165, 1.54) is 19.4 Å². The van der Waals surface area contributed by atoms with Crippen LogP contribution in [0.25, 0.3) is 0 Å². The monoisotopic (exact) mass is 280 g/mol. The van der Waals surface area contributed by atoms with Crippen LogP contribution in [-0.4, -0.2) is 30.6 Å². The van der Waals surface area contributed by atoms with Crippen molar-refractivity contribution in [1.82, 2.24) is 10.2 Å². The zero-order valence-corrected chi connectivity index (χ0v) is 13.6. The summed E-state index contributed by atoms with van der Waals surface area (Å²) in [4.78, 5) is 4.30. The molecule has 0 spiro atoms. The average Bonchev–Trinajstić information content (AvgIpc) is 2.85. The van der Waals surface area contributed by atoms with E-state index in [2.05, 4.69) is 49.4 Å². The Morgan fingerprint density at radius 2 is 2.21 bits per heavy atom. The lowest BCUT2D eigenvalue weighted by atomic mass is 9.98. The molecule has 108 valence electrons. The van der Waals surface area contributed by atoms with E-state index in [9.17, 15) is 0 Å². The summed E-state index contributed by atoms with van der Waals surface area (Å²) in [7, 11) is 0. The Balaban J connectivity index is 1.96. The predicted molar refractivity (Wildman–Crippen MR) is 84.9 cm³/mol. The molecule has 2 rings (SSSR count). The van der Waals surface area contributed by atoms with Crippen LogP contribution < -0.4 is 5.32 Å². The maximum Gasteiger partial charge on any atom is 0.0334 e. The fraction of sp³-hybridized carbons (Fsp3) is 0.750. The van der Waals surface area contributed by atoms with Gasteiger partial charge in [0, 0.05) is 30.1 Å². The molecule has 1 N–H and O–H groups in total. The normalized spacial score (nSPS) is 21.6. The lowest BCUT2D eigenvalue weighted by Crippen LogP contribution is -2.46. The molecule has 1 aliphatic rings. The van der Waals surface area contributed by atoms with Gasteiger partial charge in [0.05, 0.1) is 0 Å². The third-order valence-electron chi connectivity index (χ3n) is 4.20. The van der Waals surface area contributed by atoms with Crippen molar-refractivity contribution in [3.8, 4) is 0 Å². The van der Waals surface area contributed by atoms with Crippen LogP contribution in [0.15, 0.2) is 11.4 Å². The first-order valence-corrected chi connectivity index (χ1v) is 8.54. The van der Waals surface area contributed by atoms with Gasteiger partial charge in [-0.15, -0.1) is 11.3 Å². The molecular weight excluding hydrogens is 252 g/mol. The summed E-state index contributed by atoms with van der Waals surface area (Å²) < 4.78 is 0. The highest BCUT2D eigenvalue weighted by atomic mass is 32.1. The third-order valence-corrected chi connectivity index (χ3v) is 5.19. The van der Waals surface area contributed by atoms with Crippen LogP contribution in [0.1, 0.15) is 50.6 Å². The van der Waals surface area contributed by atoms with E-state index in [0.29, 0.717) is 12.1 Å². The van der Waals surface area contributed by atoms with Gasteiger partial charge in [0.25, 0.3) is 0 Å². The number of nitrogens with zero attached hydrogens (tertiary/aromatic N) is 1. The Labute approximate surface area is 122 Å². The van der Waals surface area contributed by atoms with Crippen LogP contribution in [0, 0.1) is 5.92 Å². The second kappa shape index (κ2) is 6.87. The highest BCUT2D eigenvalue weighted by molar-refractivity contribution is 7.10. The van der Waals surface area contributed by atoms with Crippen molar-refractivity contribution >= 4 is 11.3 Å². The lowest BCUT2D eigenvalue weighted by Gasteiger charge is -2.39. The first kappa shape index (κ1) is 15.0. The molecule has 0 aliphatic carbocycles. The zero-order chi connectivity index (χ0) is 13.8. The molecule has 1 aliphatic heterocycles. The van der Waals surface area contributed by atoms with Crippen molar-refractivity contribution in [2.75, 3.05) is 19.6 Å². The van der Waals surface area contributed by atoms with Gasteiger partial charge >= 0.3 is 0 Å². The fourth-order valence-electron chi connectivity index (χ4n) is 3.06. The van der Waals surface area contributed by atoms with Gasteiger partial charge in [0.15, 0.2) is 0 Å². The number of fused-ring (bicyclic) bond motifs is 1. The topological polar surface area (TPSA) is 15.3 Å². The molecule has 0 radical (unpaired) electrons. The molecule has 19 heavy (non-hydrogen) atoms. The predicted octanol–water partition coefficient (Wildman–Crippen LogP) is 3.69. The first-order chi connectivity index (χ1) is 9.13. The summed E-state index contributed by atoms with van der Waals surface area (Å²) in [5.74, 6) is 0.736. The Kier molecular flexibility index (Phi) is 5.43. The smallest absolute Gasteiger partial charge is 0.0334 e. The summed E-state index contributed by atoms with van der Waals surface area (Å²) in [5, 5.41) is 5.89. The molecule has 0 bridgehead atoms. The van der Waals surface area contributed by atoms with Crippen LogP contribution in [-0.2, 0) is 6.42 Å². The maximum absolute atomic E-state index is 3.63. The van der Waals surface area contributed by atoms with Gasteiger partial charge in [-0.3, -0.25) is 4.90 Å². The number of hydrogen-bond donors (Lipinski definition) is 1. The standard InChI is InChI=1S/C16H28N2S/c1-5-14(11-17-10-12(2)3)18-8-6-16-15(13(18)4)7-9-19-16/h7,9,12-14,17H,5-6,8,10-11H2,1-4H3. The molecule has 2 atom stereocenters. The Morgan fingerprint density at radius 3 is 2.89 bits per heavy atom. The summed E-state index contributed by atoms with van der Waals surface area (Å²) in [6.45, 7) is 12.7. The second-order valence-corrected chi connectivity index (χ2v) is 7.08. The van der Waals surface area contributed by atoms with Crippen LogP contribution in [0.5, 0.6) is 0 Å². The van der Waals surface area contributed by atoms with Crippen LogP contribution in [0.3, 0.4) is 0 Å². The van der Waals surface area contributed by atoms with E-state index in [0.717, 1.165) is 19.0 Å². The quantitative estimate of drug-likeness (QED) is 0.855. The molecule has 2 nitrogen and oxygen atoms in total. The van der Waals surface area contributed by atoms with Crippen LogP contribution in [0.2, 0.25) is 0 Å². The second-order valence-electron chi connectivity index (χ2n) is 6.08. The van der Waals surface area contributed by atoms with Crippen molar-refractivity contribution in [3.05, 3.63) is 21.9 Å². The van der Waals surface area contributed by atoms with Crippen LogP contribution >= 0.6 is 11.3 Å². The van der Waals surface area contributed by atoms with Crippen LogP contribution in [0.4, 0.5) is 0 Å². The largest absolute Gasteiger partial charge is 0.315 e. The van der Waals surface area contributed by atoms with Gasteiger partial charge < -0.3 is 5.32 Å². The molecule has 0 saturated carbocycles. The molecule has 0 fully saturated rings. The molecule has 1 aromatic rings. The minimum atomic E-state index is 0.584. The van der Waals surface area contributed by atoms with Crippen molar-refractivity contribution in [1.29, 1.82) is 0 Å². The van der Waals surface area contributed by atoms with Gasteiger partial charge in [0.1, 0.15) is 0 Å². The summed E-state index contributed by atoms with van der Waals surface area (Å²) in [5.41, 5.74) is 1.57. The first-order valence-electron chi connectivity index (χ1n) is 7.66. The van der Waals surface area contributed by atoms with E-state index < -0.39 is 0 Å². The summed E-state index contributed by atoms with van der Waals surface area (Å²) in [6.07, 6.45) is 2.47. The Morgan fingerprint density at radius 1 is 1.42 bits per heavy atom. The van der Waals surface area contributed by atoms with Gasteiger partial charge in [-0.1, -0.05) is 20.8 Å². The minimum Gasteiger partial charge on any atom is -0.315 e. The highest BCUT2D eigenvalue weighted by Gasteiger charge is 2.28. The highest BCUT2D eigenvalue weighted by Crippen LogP contribution is 2.34. The van der Waals surface area contributed by atoms with Gasteiger partial charge in [-0.25, -0.2) is 0 Å². The molecule has 3 heteroatoms. The van der Waals surface area contributed by atoms with Crippen molar-refractivity contribution < 1.29 is 0 Å². The number of hydrogen-bond acceptors (Lipinski definition) is 3. The molecule has 1 aromatic heterocycles. The van der Waals surface area contributed by atoms with Crippen molar-refractivity contribution in [2.45, 2.75) is 52.6 Å². The molecule has 0 aromatic carbocycles. The molecular formula is C16H28N2S. The van der Waals surface area contributed by atoms with E-state index >= 15 is 0 Å². The Hall–Kier alpha value is -0.380. The molecule has 0 amide bonds. The molecule has 2 heterocycles.